The van der Waals surface area contributed by atoms with E-state index in [2.05, 4.69) is 24.3 Å². The Balaban J connectivity index is 1.38. The van der Waals surface area contributed by atoms with E-state index in [-0.39, 0.29) is 11.0 Å². The van der Waals surface area contributed by atoms with E-state index in [9.17, 15) is 14.7 Å². The molecule has 3 rings (SSSR count). The third-order valence-electron chi connectivity index (χ3n) is 5.87. The number of aliphatic carboxylic acids is 1. The maximum absolute atomic E-state index is 11.2. The first-order chi connectivity index (χ1) is 12.1. The molecule has 0 atom stereocenters. The molecule has 4 heteroatoms. The van der Waals surface area contributed by atoms with Crippen LogP contribution in [0, 0.1) is 5.41 Å². The number of carboxylic acids is 1. The summed E-state index contributed by atoms with van der Waals surface area (Å²) in [6, 6.07) is 8.70. The molecule has 2 aliphatic rings. The zero-order valence-corrected chi connectivity index (χ0v) is 14.8. The Morgan fingerprint density at radius 1 is 1.04 bits per heavy atom. The number of carboxylic acid groups (broad SMARTS) is 1. The molecule has 2 saturated carbocycles. The SMILES string of the molecule is O=COC1(CCCc2cccc(CCCCC3(C(=O)O)CC3)c2)CC1. The lowest BCUT2D eigenvalue weighted by Crippen LogP contribution is -2.14. The Morgan fingerprint density at radius 2 is 1.72 bits per heavy atom. The molecule has 25 heavy (non-hydrogen) atoms. The van der Waals surface area contributed by atoms with Crippen molar-refractivity contribution in [1.82, 2.24) is 0 Å². The Morgan fingerprint density at radius 3 is 2.28 bits per heavy atom. The summed E-state index contributed by atoms with van der Waals surface area (Å²) in [5, 5.41) is 9.21. The minimum Gasteiger partial charge on any atom is -0.481 e. The highest BCUT2D eigenvalue weighted by Gasteiger charge is 2.49. The summed E-state index contributed by atoms with van der Waals surface area (Å²) in [5.41, 5.74) is 2.14. The van der Waals surface area contributed by atoms with Gasteiger partial charge in [0.05, 0.1) is 5.41 Å². The number of aryl methyl sites for hydroxylation is 2. The lowest BCUT2D eigenvalue weighted by molar-refractivity contribution is -0.143. The van der Waals surface area contributed by atoms with Crippen molar-refractivity contribution in [3.05, 3.63) is 35.4 Å². The smallest absolute Gasteiger partial charge is 0.309 e. The molecule has 0 spiro atoms. The highest BCUT2D eigenvalue weighted by atomic mass is 16.5. The van der Waals surface area contributed by atoms with Crippen molar-refractivity contribution in [2.45, 2.75) is 76.2 Å². The second kappa shape index (κ2) is 7.59. The van der Waals surface area contributed by atoms with Crippen molar-refractivity contribution in [2.24, 2.45) is 5.41 Å². The number of hydrogen-bond donors (Lipinski definition) is 1. The highest BCUT2D eigenvalue weighted by molar-refractivity contribution is 5.77. The second-order valence-electron chi connectivity index (χ2n) is 7.86. The van der Waals surface area contributed by atoms with Gasteiger partial charge >= 0.3 is 5.97 Å². The number of hydrogen-bond acceptors (Lipinski definition) is 3. The number of unbranched alkanes of at least 4 members (excludes halogenated alkanes) is 1. The standard InChI is InChI=1S/C21H28O4/c22-16-25-21(13-14-21)10-4-8-18-7-3-6-17(15-18)5-1-2-9-20(11-12-20)19(23)24/h3,6-7,15-16H,1-2,4-5,8-14H2,(H,23,24). The van der Waals surface area contributed by atoms with Gasteiger partial charge in [-0.15, -0.1) is 0 Å². The Kier molecular flexibility index (Phi) is 5.45. The molecular formula is C21H28O4. The lowest BCUT2D eigenvalue weighted by atomic mass is 9.96. The van der Waals surface area contributed by atoms with Gasteiger partial charge in [0.2, 0.25) is 0 Å². The molecule has 0 heterocycles. The second-order valence-corrected chi connectivity index (χ2v) is 7.86. The topological polar surface area (TPSA) is 63.6 Å². The molecule has 0 amide bonds. The van der Waals surface area contributed by atoms with E-state index in [0.29, 0.717) is 6.47 Å². The first kappa shape index (κ1) is 18.0. The predicted molar refractivity (Wildman–Crippen MR) is 95.4 cm³/mol. The van der Waals surface area contributed by atoms with E-state index < -0.39 is 5.97 Å². The molecular weight excluding hydrogens is 316 g/mol. The van der Waals surface area contributed by atoms with Gasteiger partial charge in [-0.25, -0.2) is 0 Å². The van der Waals surface area contributed by atoms with Crippen LogP contribution >= 0.6 is 0 Å². The van der Waals surface area contributed by atoms with Gasteiger partial charge in [0.25, 0.3) is 6.47 Å². The van der Waals surface area contributed by atoms with Gasteiger partial charge in [0.15, 0.2) is 0 Å². The van der Waals surface area contributed by atoms with Crippen LogP contribution in [0.1, 0.15) is 68.9 Å². The maximum atomic E-state index is 11.2. The molecule has 1 aromatic carbocycles. The van der Waals surface area contributed by atoms with Crippen molar-refractivity contribution >= 4 is 12.4 Å². The van der Waals surface area contributed by atoms with E-state index in [1.807, 2.05) is 0 Å². The van der Waals surface area contributed by atoms with Crippen molar-refractivity contribution < 1.29 is 19.4 Å². The molecule has 4 nitrogen and oxygen atoms in total. The molecule has 1 N–H and O–H groups in total. The summed E-state index contributed by atoms with van der Waals surface area (Å²) in [4.78, 5) is 21.7. The molecule has 0 saturated heterocycles. The molecule has 2 aliphatic carbocycles. The molecule has 0 radical (unpaired) electrons. The fourth-order valence-corrected chi connectivity index (χ4v) is 3.74. The minimum absolute atomic E-state index is 0.151. The van der Waals surface area contributed by atoms with Gasteiger partial charge in [-0.2, -0.15) is 0 Å². The first-order valence-electron chi connectivity index (χ1n) is 9.50. The van der Waals surface area contributed by atoms with Crippen molar-refractivity contribution in [3.8, 4) is 0 Å². The van der Waals surface area contributed by atoms with E-state index in [1.54, 1.807) is 0 Å². The summed E-state index contributed by atoms with van der Waals surface area (Å²) in [6.45, 7) is 0.587. The fourth-order valence-electron chi connectivity index (χ4n) is 3.74. The third kappa shape index (κ3) is 4.83. The first-order valence-corrected chi connectivity index (χ1v) is 9.50. The average Bonchev–Trinajstić information content (AvgIpc) is 3.50. The van der Waals surface area contributed by atoms with Crippen LogP contribution in [0.3, 0.4) is 0 Å². The van der Waals surface area contributed by atoms with E-state index in [4.69, 9.17) is 4.74 Å². The lowest BCUT2D eigenvalue weighted by Gasteiger charge is -2.13. The summed E-state index contributed by atoms with van der Waals surface area (Å²) in [5.74, 6) is -0.610. The van der Waals surface area contributed by atoms with Gasteiger partial charge in [-0.1, -0.05) is 30.7 Å². The largest absolute Gasteiger partial charge is 0.481 e. The minimum atomic E-state index is -0.610. The Bertz CT molecular complexity index is 614. The van der Waals surface area contributed by atoms with Gasteiger partial charge in [0.1, 0.15) is 5.60 Å². The van der Waals surface area contributed by atoms with Crippen LogP contribution < -0.4 is 0 Å². The normalized spacial score (nSPS) is 19.2. The van der Waals surface area contributed by atoms with Crippen molar-refractivity contribution in [2.75, 3.05) is 0 Å². The average molecular weight is 344 g/mol. The highest BCUT2D eigenvalue weighted by Crippen LogP contribution is 2.50. The summed E-state index contributed by atoms with van der Waals surface area (Å²) >= 11 is 0. The van der Waals surface area contributed by atoms with Crippen LogP contribution in [0.5, 0.6) is 0 Å². The summed E-state index contributed by atoms with van der Waals surface area (Å²) in [7, 11) is 0. The Hall–Kier alpha value is -1.84. The van der Waals surface area contributed by atoms with Crippen LogP contribution in [0.4, 0.5) is 0 Å². The van der Waals surface area contributed by atoms with Crippen LogP contribution in [0.2, 0.25) is 0 Å². The summed E-state index contributed by atoms with van der Waals surface area (Å²) < 4.78 is 5.19. The number of carbonyl (C=O) groups is 2. The van der Waals surface area contributed by atoms with E-state index in [1.165, 1.54) is 11.1 Å². The van der Waals surface area contributed by atoms with E-state index >= 15 is 0 Å². The molecule has 136 valence electrons. The molecule has 2 fully saturated rings. The molecule has 1 aromatic rings. The van der Waals surface area contributed by atoms with Crippen molar-refractivity contribution in [3.63, 3.8) is 0 Å². The predicted octanol–water partition coefficient (Wildman–Crippen LogP) is 4.29. The van der Waals surface area contributed by atoms with Crippen LogP contribution in [-0.2, 0) is 27.2 Å². The van der Waals surface area contributed by atoms with Crippen molar-refractivity contribution in [1.29, 1.82) is 0 Å². The number of ether oxygens (including phenoxy) is 1. The summed E-state index contributed by atoms with van der Waals surface area (Å²) in [6.07, 6.45) is 10.6. The van der Waals surface area contributed by atoms with Gasteiger partial charge in [-0.05, 0) is 75.3 Å². The van der Waals surface area contributed by atoms with E-state index in [0.717, 1.165) is 70.6 Å². The number of benzene rings is 1. The number of carbonyl (C=O) groups excluding carboxylic acids is 1. The van der Waals surface area contributed by atoms with Crippen LogP contribution in [0.15, 0.2) is 24.3 Å². The monoisotopic (exact) mass is 344 g/mol. The van der Waals surface area contributed by atoms with Crippen LogP contribution in [-0.4, -0.2) is 23.1 Å². The Labute approximate surface area is 149 Å². The molecule has 0 unspecified atom stereocenters. The quantitative estimate of drug-likeness (QED) is 0.454. The molecule has 0 aromatic heterocycles. The molecule has 0 aliphatic heterocycles. The third-order valence-corrected chi connectivity index (χ3v) is 5.87. The van der Waals surface area contributed by atoms with Gasteiger partial charge in [0, 0.05) is 0 Å². The fraction of sp³-hybridized carbons (Fsp3) is 0.619. The van der Waals surface area contributed by atoms with Gasteiger partial charge < -0.3 is 9.84 Å². The van der Waals surface area contributed by atoms with Crippen LogP contribution in [0.25, 0.3) is 0 Å². The van der Waals surface area contributed by atoms with Gasteiger partial charge in [-0.3, -0.25) is 9.59 Å². The zero-order chi connectivity index (χ0) is 17.8. The molecule has 0 bridgehead atoms. The zero-order valence-electron chi connectivity index (χ0n) is 14.8. The number of rotatable bonds is 12. The maximum Gasteiger partial charge on any atom is 0.309 e.